The van der Waals surface area contributed by atoms with Crippen molar-refractivity contribution >= 4 is 11.6 Å². The van der Waals surface area contributed by atoms with Crippen LogP contribution < -0.4 is 0 Å². The van der Waals surface area contributed by atoms with Gasteiger partial charge in [-0.25, -0.2) is 8.78 Å². The molecule has 2 aromatic carbocycles. The van der Waals surface area contributed by atoms with E-state index in [4.69, 9.17) is 11.6 Å². The number of aliphatic hydroxyl groups is 1. The van der Waals surface area contributed by atoms with Crippen LogP contribution in [-0.2, 0) is 12.8 Å². The maximum absolute atomic E-state index is 13.6. The summed E-state index contributed by atoms with van der Waals surface area (Å²) in [5.74, 6) is -0.749. The lowest BCUT2D eigenvalue weighted by molar-refractivity contribution is 0.174. The van der Waals surface area contributed by atoms with E-state index < -0.39 is 11.9 Å². The lowest BCUT2D eigenvalue weighted by Gasteiger charge is -2.12. The van der Waals surface area contributed by atoms with E-state index >= 15 is 0 Å². The highest BCUT2D eigenvalue weighted by Crippen LogP contribution is 2.21. The van der Waals surface area contributed by atoms with Crippen LogP contribution in [0.4, 0.5) is 8.78 Å². The molecule has 2 rings (SSSR count). The van der Waals surface area contributed by atoms with Crippen molar-refractivity contribution in [2.45, 2.75) is 18.9 Å². The van der Waals surface area contributed by atoms with Gasteiger partial charge in [0.25, 0.3) is 0 Å². The fourth-order valence-corrected chi connectivity index (χ4v) is 2.17. The van der Waals surface area contributed by atoms with E-state index in [1.165, 1.54) is 24.3 Å². The predicted octanol–water partition coefficient (Wildman–Crippen LogP) is 3.76. The van der Waals surface area contributed by atoms with Gasteiger partial charge in [-0.3, -0.25) is 0 Å². The smallest absolute Gasteiger partial charge is 0.127 e. The highest BCUT2D eigenvalue weighted by molar-refractivity contribution is 6.31. The maximum Gasteiger partial charge on any atom is 0.127 e. The van der Waals surface area contributed by atoms with Gasteiger partial charge >= 0.3 is 0 Å². The summed E-state index contributed by atoms with van der Waals surface area (Å²) in [6.45, 7) is 0. The monoisotopic (exact) mass is 282 g/mol. The van der Waals surface area contributed by atoms with Crippen molar-refractivity contribution in [3.05, 3.63) is 70.2 Å². The van der Waals surface area contributed by atoms with Gasteiger partial charge in [-0.05, 0) is 36.2 Å². The molecule has 1 atom stereocenters. The van der Waals surface area contributed by atoms with Gasteiger partial charge in [0, 0.05) is 17.0 Å². The first-order valence-corrected chi connectivity index (χ1v) is 6.29. The molecule has 0 fully saturated rings. The Morgan fingerprint density at radius 3 is 2.32 bits per heavy atom. The van der Waals surface area contributed by atoms with Crippen LogP contribution in [0, 0.1) is 11.6 Å². The van der Waals surface area contributed by atoms with Crippen LogP contribution in [0.5, 0.6) is 0 Å². The molecule has 100 valence electrons. The van der Waals surface area contributed by atoms with Crippen LogP contribution >= 0.6 is 11.6 Å². The molecule has 0 amide bonds. The minimum absolute atomic E-state index is 0.128. The fraction of sp³-hybridized carbons (Fsp3) is 0.200. The van der Waals surface area contributed by atoms with E-state index in [0.29, 0.717) is 17.0 Å². The summed E-state index contributed by atoms with van der Waals surface area (Å²) in [5, 5.41) is 10.3. The van der Waals surface area contributed by atoms with E-state index in [0.717, 1.165) is 5.56 Å². The molecule has 0 aliphatic carbocycles. The molecule has 1 N–H and O–H groups in total. The standard InChI is InChI=1S/C15H13ClF2O/c16-14-2-1-3-15(18)13(14)9-12(19)8-10-4-6-11(17)7-5-10/h1-7,12,19H,8-9H2. The molecule has 2 aromatic rings. The molecule has 0 aliphatic heterocycles. The molecule has 0 radical (unpaired) electrons. The molecule has 0 heterocycles. The molecule has 1 nitrogen and oxygen atoms in total. The van der Waals surface area contributed by atoms with Crippen LogP contribution in [0.3, 0.4) is 0 Å². The Bertz CT molecular complexity index is 534. The van der Waals surface area contributed by atoms with Crippen molar-refractivity contribution in [1.82, 2.24) is 0 Å². The van der Waals surface area contributed by atoms with Gasteiger partial charge < -0.3 is 5.11 Å². The lowest BCUT2D eigenvalue weighted by atomic mass is 10.0. The average molecular weight is 283 g/mol. The third-order valence-corrected chi connectivity index (χ3v) is 3.24. The first-order chi connectivity index (χ1) is 9.06. The normalized spacial score (nSPS) is 12.4. The third-order valence-electron chi connectivity index (χ3n) is 2.89. The van der Waals surface area contributed by atoms with Crippen LogP contribution in [0.1, 0.15) is 11.1 Å². The second kappa shape index (κ2) is 6.13. The summed E-state index contributed by atoms with van der Waals surface area (Å²) >= 11 is 5.90. The van der Waals surface area contributed by atoms with Gasteiger partial charge in [-0.15, -0.1) is 0 Å². The number of aliphatic hydroxyl groups excluding tert-OH is 1. The van der Waals surface area contributed by atoms with Crippen LogP contribution in [0.2, 0.25) is 5.02 Å². The molecule has 0 aromatic heterocycles. The number of hydrogen-bond donors (Lipinski definition) is 1. The molecule has 0 spiro atoms. The van der Waals surface area contributed by atoms with E-state index in [2.05, 4.69) is 0 Å². The highest BCUT2D eigenvalue weighted by atomic mass is 35.5. The largest absolute Gasteiger partial charge is 0.392 e. The topological polar surface area (TPSA) is 20.2 Å². The van der Waals surface area contributed by atoms with Crippen molar-refractivity contribution < 1.29 is 13.9 Å². The summed E-state index contributed by atoms with van der Waals surface area (Å²) in [6, 6.07) is 10.3. The molecule has 4 heteroatoms. The van der Waals surface area contributed by atoms with Crippen molar-refractivity contribution in [3.8, 4) is 0 Å². The summed E-state index contributed by atoms with van der Waals surface area (Å²) < 4.78 is 26.3. The van der Waals surface area contributed by atoms with Crippen molar-refractivity contribution in [2.24, 2.45) is 0 Å². The average Bonchev–Trinajstić information content (AvgIpc) is 2.37. The zero-order valence-electron chi connectivity index (χ0n) is 10.1. The molecule has 0 saturated carbocycles. The predicted molar refractivity (Wildman–Crippen MR) is 71.2 cm³/mol. The van der Waals surface area contributed by atoms with Gasteiger partial charge in [0.1, 0.15) is 11.6 Å². The van der Waals surface area contributed by atoms with E-state index in [1.807, 2.05) is 0 Å². The SMILES string of the molecule is OC(Cc1ccc(F)cc1)Cc1c(F)cccc1Cl. The quantitative estimate of drug-likeness (QED) is 0.905. The van der Waals surface area contributed by atoms with E-state index in [1.54, 1.807) is 18.2 Å². The maximum atomic E-state index is 13.6. The van der Waals surface area contributed by atoms with Gasteiger partial charge in [0.15, 0.2) is 0 Å². The van der Waals surface area contributed by atoms with Gasteiger partial charge in [-0.1, -0.05) is 29.8 Å². The summed E-state index contributed by atoms with van der Waals surface area (Å²) in [6.07, 6.45) is -0.312. The zero-order valence-corrected chi connectivity index (χ0v) is 10.9. The van der Waals surface area contributed by atoms with Gasteiger partial charge in [0.05, 0.1) is 6.10 Å². The minimum Gasteiger partial charge on any atom is -0.392 e. The first kappa shape index (κ1) is 14.0. The molecular formula is C15H13ClF2O. The molecule has 0 bridgehead atoms. The molecule has 0 saturated heterocycles. The Balaban J connectivity index is 2.05. The van der Waals surface area contributed by atoms with Crippen molar-refractivity contribution in [2.75, 3.05) is 0 Å². The molecule has 1 unspecified atom stereocenters. The Morgan fingerprint density at radius 2 is 1.68 bits per heavy atom. The van der Waals surface area contributed by atoms with Crippen LogP contribution in [-0.4, -0.2) is 11.2 Å². The summed E-state index contributed by atoms with van der Waals surface area (Å²) in [7, 11) is 0. The second-order valence-corrected chi connectivity index (χ2v) is 4.80. The second-order valence-electron chi connectivity index (χ2n) is 4.39. The molecule has 19 heavy (non-hydrogen) atoms. The summed E-state index contributed by atoms with van der Waals surface area (Å²) in [5.41, 5.74) is 1.10. The van der Waals surface area contributed by atoms with Crippen LogP contribution in [0.25, 0.3) is 0 Å². The number of benzene rings is 2. The molecular weight excluding hydrogens is 270 g/mol. The van der Waals surface area contributed by atoms with Gasteiger partial charge in [0.2, 0.25) is 0 Å². The Morgan fingerprint density at radius 1 is 1.00 bits per heavy atom. The van der Waals surface area contributed by atoms with Gasteiger partial charge in [-0.2, -0.15) is 0 Å². The fourth-order valence-electron chi connectivity index (χ4n) is 1.93. The van der Waals surface area contributed by atoms with E-state index in [9.17, 15) is 13.9 Å². The Labute approximate surface area is 115 Å². The van der Waals surface area contributed by atoms with Crippen molar-refractivity contribution in [3.63, 3.8) is 0 Å². The first-order valence-electron chi connectivity index (χ1n) is 5.91. The number of hydrogen-bond acceptors (Lipinski definition) is 1. The number of halogens is 3. The highest BCUT2D eigenvalue weighted by Gasteiger charge is 2.13. The minimum atomic E-state index is -0.764. The summed E-state index contributed by atoms with van der Waals surface area (Å²) in [4.78, 5) is 0. The Kier molecular flexibility index (Phi) is 4.51. The lowest BCUT2D eigenvalue weighted by Crippen LogP contribution is -2.15. The Hall–Kier alpha value is -1.45. The van der Waals surface area contributed by atoms with Crippen LogP contribution in [0.15, 0.2) is 42.5 Å². The number of rotatable bonds is 4. The zero-order chi connectivity index (χ0) is 13.8. The molecule has 0 aliphatic rings. The third kappa shape index (κ3) is 3.75. The van der Waals surface area contributed by atoms with Crippen molar-refractivity contribution in [1.29, 1.82) is 0 Å². The van der Waals surface area contributed by atoms with E-state index in [-0.39, 0.29) is 12.2 Å².